The van der Waals surface area contributed by atoms with E-state index in [1.807, 2.05) is 50.5 Å². The topological polar surface area (TPSA) is 187 Å². The molecule has 17 heteroatoms. The number of primary amides is 2. The third-order valence-corrected chi connectivity index (χ3v) is 12.4. The first-order valence-corrected chi connectivity index (χ1v) is 22.0. The number of hydrogen-bond donors (Lipinski definition) is 2. The van der Waals surface area contributed by atoms with E-state index in [0.717, 1.165) is 87.6 Å². The second-order valence-corrected chi connectivity index (χ2v) is 16.7. The maximum Gasteiger partial charge on any atom is 0.329 e. The van der Waals surface area contributed by atoms with Crippen LogP contribution in [-0.2, 0) is 13.1 Å². The molecule has 352 valence electrons. The average molecular weight is 932 g/mol. The first-order valence-electron chi connectivity index (χ1n) is 22.0. The fourth-order valence-electron chi connectivity index (χ4n) is 8.40. The molecular formula is C50H59ClN10O6. The molecule has 0 atom stereocenters. The van der Waals surface area contributed by atoms with E-state index >= 15 is 0 Å². The number of ether oxygens (including phenoxy) is 2. The molecule has 2 aliphatic heterocycles. The number of carbonyl (C=O) groups is 4. The van der Waals surface area contributed by atoms with E-state index in [1.165, 1.54) is 32.9 Å². The SMILES string of the molecule is COc1ccc(CN2CCC(N(C)C(=O)n3cnc(-c4cccc(C(N)=O)c4)c3)CC2)cc1.COc1ccc(CN2CCC(N(C)C(=O)n3cnc(-c4cccc(C(N)=O)c4)c3)CC2)cc1.Cl. The van der Waals surface area contributed by atoms with Gasteiger partial charge in [-0.05, 0) is 85.3 Å². The Morgan fingerprint density at radius 3 is 1.27 bits per heavy atom. The number of imidazole rings is 2. The summed E-state index contributed by atoms with van der Waals surface area (Å²) in [5.74, 6) is 0.734. The first-order chi connectivity index (χ1) is 31.9. The van der Waals surface area contributed by atoms with Gasteiger partial charge in [0.25, 0.3) is 0 Å². The molecule has 0 aliphatic carbocycles. The highest BCUT2D eigenvalue weighted by Crippen LogP contribution is 2.24. The highest BCUT2D eigenvalue weighted by molar-refractivity contribution is 5.94. The van der Waals surface area contributed by atoms with Gasteiger partial charge in [-0.2, -0.15) is 0 Å². The second kappa shape index (κ2) is 22.9. The number of amides is 4. The van der Waals surface area contributed by atoms with Gasteiger partial charge in [-0.15, -0.1) is 12.4 Å². The zero-order chi connectivity index (χ0) is 46.7. The van der Waals surface area contributed by atoms with Gasteiger partial charge in [0.05, 0.1) is 25.6 Å². The van der Waals surface area contributed by atoms with Gasteiger partial charge in [0, 0.05) is 100 Å². The number of carbonyl (C=O) groups excluding carboxylic acids is 4. The van der Waals surface area contributed by atoms with Crippen LogP contribution in [0.4, 0.5) is 9.59 Å². The van der Waals surface area contributed by atoms with Crippen LogP contribution in [0.1, 0.15) is 57.5 Å². The van der Waals surface area contributed by atoms with Crippen molar-refractivity contribution in [2.75, 3.05) is 54.5 Å². The Morgan fingerprint density at radius 2 is 0.940 bits per heavy atom. The third-order valence-electron chi connectivity index (χ3n) is 12.4. The maximum atomic E-state index is 13.0. The predicted octanol–water partition coefficient (Wildman–Crippen LogP) is 6.87. The van der Waals surface area contributed by atoms with E-state index in [4.69, 9.17) is 20.9 Å². The van der Waals surface area contributed by atoms with Crippen LogP contribution in [0.5, 0.6) is 11.5 Å². The van der Waals surface area contributed by atoms with Gasteiger partial charge in [-0.25, -0.2) is 19.6 Å². The normalized spacial score (nSPS) is 14.5. The highest BCUT2D eigenvalue weighted by atomic mass is 35.5. The summed E-state index contributed by atoms with van der Waals surface area (Å²) < 4.78 is 13.4. The molecule has 2 fully saturated rings. The lowest BCUT2D eigenvalue weighted by atomic mass is 10.0. The third kappa shape index (κ3) is 12.7. The summed E-state index contributed by atoms with van der Waals surface area (Å²) in [4.78, 5) is 66.1. The molecule has 4 heterocycles. The van der Waals surface area contributed by atoms with Gasteiger partial charge >= 0.3 is 12.1 Å². The fourth-order valence-corrected chi connectivity index (χ4v) is 8.40. The molecule has 0 radical (unpaired) electrons. The molecule has 6 aromatic rings. The molecule has 0 saturated carbocycles. The van der Waals surface area contributed by atoms with Crippen molar-refractivity contribution in [3.63, 3.8) is 0 Å². The van der Waals surface area contributed by atoms with Crippen molar-refractivity contribution >= 4 is 36.3 Å². The quantitative estimate of drug-likeness (QED) is 0.131. The summed E-state index contributed by atoms with van der Waals surface area (Å²) in [6.07, 6.45) is 10.1. The van der Waals surface area contributed by atoms with Crippen LogP contribution >= 0.6 is 12.4 Å². The van der Waals surface area contributed by atoms with Crippen LogP contribution in [0.2, 0.25) is 0 Å². The van der Waals surface area contributed by atoms with Crippen LogP contribution in [0.15, 0.2) is 122 Å². The largest absolute Gasteiger partial charge is 0.497 e. The van der Waals surface area contributed by atoms with Crippen LogP contribution in [-0.4, -0.2) is 129 Å². The lowest BCUT2D eigenvalue weighted by Gasteiger charge is -2.36. The number of aromatic nitrogens is 4. The van der Waals surface area contributed by atoms with E-state index in [1.54, 1.807) is 72.8 Å². The number of hydrogen-bond acceptors (Lipinski definition) is 10. The Morgan fingerprint density at radius 1 is 0.582 bits per heavy atom. The first kappa shape index (κ1) is 49.4. The molecule has 67 heavy (non-hydrogen) atoms. The van der Waals surface area contributed by atoms with Crippen LogP contribution in [0.25, 0.3) is 22.5 Å². The number of halogens is 1. The number of nitrogens with zero attached hydrogens (tertiary/aromatic N) is 8. The minimum Gasteiger partial charge on any atom is -0.497 e. The Balaban J connectivity index is 0.000000218. The van der Waals surface area contributed by atoms with Crippen LogP contribution < -0.4 is 20.9 Å². The molecule has 2 aromatic heterocycles. The van der Waals surface area contributed by atoms with Crippen molar-refractivity contribution in [2.24, 2.45) is 11.5 Å². The van der Waals surface area contributed by atoms with Gasteiger partial charge in [-0.3, -0.25) is 28.5 Å². The molecule has 0 spiro atoms. The smallest absolute Gasteiger partial charge is 0.329 e. The van der Waals surface area contributed by atoms with E-state index in [-0.39, 0.29) is 36.6 Å². The molecule has 2 saturated heterocycles. The van der Waals surface area contributed by atoms with Crippen molar-refractivity contribution in [3.05, 3.63) is 144 Å². The number of rotatable bonds is 12. The van der Waals surface area contributed by atoms with E-state index in [0.29, 0.717) is 22.5 Å². The van der Waals surface area contributed by atoms with Gasteiger partial charge in [0.15, 0.2) is 0 Å². The van der Waals surface area contributed by atoms with Crippen molar-refractivity contribution in [3.8, 4) is 34.0 Å². The predicted molar refractivity (Wildman–Crippen MR) is 259 cm³/mol. The van der Waals surface area contributed by atoms with Crippen molar-refractivity contribution in [2.45, 2.75) is 50.9 Å². The lowest BCUT2D eigenvalue weighted by Crippen LogP contribution is -2.46. The van der Waals surface area contributed by atoms with E-state index in [9.17, 15) is 19.2 Å². The number of benzene rings is 4. The minimum absolute atomic E-state index is 0. The molecular weight excluding hydrogens is 872 g/mol. The number of likely N-dealkylation sites (tertiary alicyclic amines) is 2. The Hall–Kier alpha value is -7.01. The molecule has 4 aromatic carbocycles. The zero-order valence-electron chi connectivity index (χ0n) is 38.4. The van der Waals surface area contributed by atoms with Gasteiger partial charge in [-0.1, -0.05) is 48.5 Å². The molecule has 16 nitrogen and oxygen atoms in total. The lowest BCUT2D eigenvalue weighted by molar-refractivity contribution is 0.0992. The molecule has 0 bridgehead atoms. The van der Waals surface area contributed by atoms with E-state index < -0.39 is 11.8 Å². The second-order valence-electron chi connectivity index (χ2n) is 16.7. The van der Waals surface area contributed by atoms with Crippen molar-refractivity contribution in [1.29, 1.82) is 0 Å². The number of methoxy groups -OCH3 is 2. The Labute approximate surface area is 397 Å². The average Bonchev–Trinajstić information content (AvgIpc) is 4.06. The van der Waals surface area contributed by atoms with E-state index in [2.05, 4.69) is 44.0 Å². The van der Waals surface area contributed by atoms with Crippen LogP contribution in [0, 0.1) is 0 Å². The zero-order valence-corrected chi connectivity index (χ0v) is 39.2. The van der Waals surface area contributed by atoms with Crippen molar-refractivity contribution < 1.29 is 28.7 Å². The highest BCUT2D eigenvalue weighted by Gasteiger charge is 2.28. The summed E-state index contributed by atoms with van der Waals surface area (Å²) in [6, 6.07) is 30.3. The Bertz CT molecular complexity index is 2420. The monoisotopic (exact) mass is 930 g/mol. The summed E-state index contributed by atoms with van der Waals surface area (Å²) in [6.45, 7) is 5.52. The Kier molecular flexibility index (Phi) is 16.9. The van der Waals surface area contributed by atoms with Crippen molar-refractivity contribution in [1.82, 2.24) is 38.7 Å². The molecule has 4 N–H and O–H groups in total. The van der Waals surface area contributed by atoms with Gasteiger partial charge in [0.2, 0.25) is 11.8 Å². The molecule has 2 aliphatic rings. The van der Waals surface area contributed by atoms with Crippen LogP contribution in [0.3, 0.4) is 0 Å². The molecule has 8 rings (SSSR count). The van der Waals surface area contributed by atoms with Gasteiger partial charge in [0.1, 0.15) is 24.2 Å². The number of nitrogens with two attached hydrogens (primary N) is 2. The molecule has 0 unspecified atom stereocenters. The standard InChI is InChI=1S/2C25H29N5O3.ClH/c2*1-28(21-10-12-29(13-11-21)15-18-6-8-22(33-2)9-7-18)25(32)30-16-23(27-17-30)19-4-3-5-20(14-19)24(26)31;/h2*3-9,14,16-17,21H,10-13,15H2,1-2H3,(H2,26,31);1H. The molecule has 4 amide bonds. The maximum absolute atomic E-state index is 13.0. The fraction of sp³-hybridized carbons (Fsp3) is 0.320. The number of piperidine rings is 2. The summed E-state index contributed by atoms with van der Waals surface area (Å²) in [5.41, 5.74) is 16.8. The minimum atomic E-state index is -0.495. The summed E-state index contributed by atoms with van der Waals surface area (Å²) in [7, 11) is 7.03. The summed E-state index contributed by atoms with van der Waals surface area (Å²) >= 11 is 0. The summed E-state index contributed by atoms with van der Waals surface area (Å²) in [5, 5.41) is 0. The van der Waals surface area contributed by atoms with Gasteiger partial charge < -0.3 is 30.7 Å².